The van der Waals surface area contributed by atoms with E-state index >= 15 is 0 Å². The molecule has 1 aromatic heterocycles. The van der Waals surface area contributed by atoms with Gasteiger partial charge in [-0.05, 0) is 49.4 Å². The molecule has 5 rings (SSSR count). The summed E-state index contributed by atoms with van der Waals surface area (Å²) in [5.74, 6) is 0.0559. The van der Waals surface area contributed by atoms with Gasteiger partial charge in [-0.3, -0.25) is 4.79 Å². The fourth-order valence-electron chi connectivity index (χ4n) is 3.97. The maximum Gasteiger partial charge on any atom is 0.244 e. The number of rotatable bonds is 7. The van der Waals surface area contributed by atoms with Crippen LogP contribution in [0.15, 0.2) is 64.0 Å². The minimum absolute atomic E-state index is 0.0510. The molecular weight excluding hydrogens is 408 g/mol. The van der Waals surface area contributed by atoms with E-state index in [-0.39, 0.29) is 22.9 Å². The average Bonchev–Trinajstić information content (AvgIpc) is 3.53. The lowest BCUT2D eigenvalue weighted by atomic mass is 10.1. The standard InChI is InChI=1S/C25H24N2O5/c1-14(26)22(16-7-8-16)27-17-9-10-19-18(12-17)23(28)24(29)25(32-19)20-13-30-21(31-20)11-15-5-3-2-4-6-15/h2-6,9-10,12-13,16,21-22,26-27,29H,7-8,11H2,1H3. The first kappa shape index (κ1) is 20.2. The van der Waals surface area contributed by atoms with Crippen LogP contribution < -0.4 is 10.7 Å². The first-order chi connectivity index (χ1) is 15.5. The van der Waals surface area contributed by atoms with Gasteiger partial charge in [-0.1, -0.05) is 30.3 Å². The third-order valence-corrected chi connectivity index (χ3v) is 5.80. The highest BCUT2D eigenvalue weighted by Gasteiger charge is 2.33. The summed E-state index contributed by atoms with van der Waals surface area (Å²) in [6.07, 6.45) is 3.50. The second-order valence-corrected chi connectivity index (χ2v) is 8.32. The largest absolute Gasteiger partial charge is 0.501 e. The highest BCUT2D eigenvalue weighted by molar-refractivity contribution is 5.89. The Hall–Kier alpha value is -3.74. The molecule has 7 nitrogen and oxygen atoms in total. The van der Waals surface area contributed by atoms with Crippen LogP contribution in [0.4, 0.5) is 5.69 Å². The van der Waals surface area contributed by atoms with E-state index in [9.17, 15) is 9.90 Å². The normalized spacial score (nSPS) is 18.5. The van der Waals surface area contributed by atoms with Gasteiger partial charge >= 0.3 is 0 Å². The zero-order valence-corrected chi connectivity index (χ0v) is 17.6. The van der Waals surface area contributed by atoms with Crippen molar-refractivity contribution < 1.29 is 19.0 Å². The van der Waals surface area contributed by atoms with E-state index < -0.39 is 17.5 Å². The Morgan fingerprint density at radius 2 is 2.00 bits per heavy atom. The Bertz CT molecular complexity index is 1260. The van der Waals surface area contributed by atoms with Crippen molar-refractivity contribution in [3.05, 3.63) is 76.3 Å². The van der Waals surface area contributed by atoms with Crippen LogP contribution in [0.1, 0.15) is 31.1 Å². The van der Waals surface area contributed by atoms with Crippen LogP contribution >= 0.6 is 0 Å². The average molecular weight is 432 g/mol. The summed E-state index contributed by atoms with van der Waals surface area (Å²) in [4.78, 5) is 12.9. The number of fused-ring (bicyclic) bond motifs is 1. The van der Waals surface area contributed by atoms with Crippen molar-refractivity contribution >= 4 is 28.1 Å². The number of hydrogen-bond donors (Lipinski definition) is 3. The van der Waals surface area contributed by atoms with Crippen LogP contribution in [0.3, 0.4) is 0 Å². The zero-order valence-electron chi connectivity index (χ0n) is 17.6. The summed E-state index contributed by atoms with van der Waals surface area (Å²) < 4.78 is 17.2. The quantitative estimate of drug-likeness (QED) is 0.470. The van der Waals surface area contributed by atoms with Crippen molar-refractivity contribution in [3.8, 4) is 5.75 Å². The van der Waals surface area contributed by atoms with Gasteiger partial charge in [0.15, 0.2) is 0 Å². The number of benzene rings is 2. The van der Waals surface area contributed by atoms with E-state index in [1.54, 1.807) is 19.1 Å². The molecule has 1 fully saturated rings. The summed E-state index contributed by atoms with van der Waals surface area (Å²) in [6.45, 7) is 1.78. The Balaban J connectivity index is 1.39. The molecule has 3 aromatic rings. The lowest BCUT2D eigenvalue weighted by molar-refractivity contribution is -0.0145. The maximum absolute atomic E-state index is 12.9. The van der Waals surface area contributed by atoms with E-state index in [2.05, 4.69) is 5.32 Å². The van der Waals surface area contributed by atoms with Gasteiger partial charge in [-0.2, -0.15) is 0 Å². The summed E-state index contributed by atoms with van der Waals surface area (Å²) >= 11 is 0. The van der Waals surface area contributed by atoms with Gasteiger partial charge in [0.1, 0.15) is 11.8 Å². The molecule has 164 valence electrons. The molecule has 32 heavy (non-hydrogen) atoms. The minimum Gasteiger partial charge on any atom is -0.501 e. The highest BCUT2D eigenvalue weighted by Crippen LogP contribution is 2.36. The Morgan fingerprint density at radius 1 is 1.22 bits per heavy atom. The second-order valence-electron chi connectivity index (χ2n) is 8.32. The van der Waals surface area contributed by atoms with Gasteiger partial charge in [0.25, 0.3) is 0 Å². The van der Waals surface area contributed by atoms with Crippen molar-refractivity contribution in [2.24, 2.45) is 5.92 Å². The summed E-state index contributed by atoms with van der Waals surface area (Å²) in [6, 6.07) is 14.8. The van der Waals surface area contributed by atoms with Crippen molar-refractivity contribution in [3.63, 3.8) is 0 Å². The molecule has 1 aliphatic carbocycles. The van der Waals surface area contributed by atoms with Gasteiger partial charge in [-0.15, -0.1) is 0 Å². The van der Waals surface area contributed by atoms with Crippen molar-refractivity contribution in [2.75, 3.05) is 5.32 Å². The number of ether oxygens (including phenoxy) is 2. The maximum atomic E-state index is 12.9. The summed E-state index contributed by atoms with van der Waals surface area (Å²) in [7, 11) is 0. The van der Waals surface area contributed by atoms with Crippen LogP contribution in [-0.2, 0) is 15.9 Å². The molecule has 1 aliphatic heterocycles. The molecule has 2 aliphatic rings. The molecule has 0 radical (unpaired) electrons. The van der Waals surface area contributed by atoms with Crippen LogP contribution in [0.5, 0.6) is 5.75 Å². The lowest BCUT2D eigenvalue weighted by Crippen LogP contribution is -2.29. The smallest absolute Gasteiger partial charge is 0.244 e. The molecular formula is C25H24N2O5. The number of nitrogens with one attached hydrogen (secondary N) is 2. The van der Waals surface area contributed by atoms with Crippen LogP contribution in [0.25, 0.3) is 16.7 Å². The van der Waals surface area contributed by atoms with E-state index in [0.29, 0.717) is 29.3 Å². The first-order valence-corrected chi connectivity index (χ1v) is 10.7. The lowest BCUT2D eigenvalue weighted by Gasteiger charge is -2.18. The van der Waals surface area contributed by atoms with Gasteiger partial charge in [0.2, 0.25) is 29.0 Å². The number of aromatic hydroxyl groups is 1. The molecule has 0 bridgehead atoms. The monoisotopic (exact) mass is 432 g/mol. The van der Waals surface area contributed by atoms with Gasteiger partial charge in [0.05, 0.1) is 11.4 Å². The van der Waals surface area contributed by atoms with Crippen LogP contribution in [-0.4, -0.2) is 23.2 Å². The van der Waals surface area contributed by atoms with E-state index in [1.165, 1.54) is 6.26 Å². The summed E-state index contributed by atoms with van der Waals surface area (Å²) in [5.41, 5.74) is 2.10. The predicted octanol–water partition coefficient (Wildman–Crippen LogP) is 4.64. The Kier molecular flexibility index (Phi) is 5.09. The van der Waals surface area contributed by atoms with Crippen molar-refractivity contribution in [1.82, 2.24) is 0 Å². The third kappa shape index (κ3) is 3.93. The predicted molar refractivity (Wildman–Crippen MR) is 122 cm³/mol. The van der Waals surface area contributed by atoms with Crippen molar-refractivity contribution in [2.45, 2.75) is 38.5 Å². The van der Waals surface area contributed by atoms with E-state index in [0.717, 1.165) is 18.4 Å². The molecule has 0 amide bonds. The Labute approximate surface area is 184 Å². The molecule has 1 saturated carbocycles. The number of hydrogen-bond acceptors (Lipinski definition) is 7. The van der Waals surface area contributed by atoms with E-state index in [4.69, 9.17) is 19.3 Å². The third-order valence-electron chi connectivity index (χ3n) is 5.80. The molecule has 7 heteroatoms. The Morgan fingerprint density at radius 3 is 2.72 bits per heavy atom. The van der Waals surface area contributed by atoms with Gasteiger partial charge in [-0.25, -0.2) is 0 Å². The first-order valence-electron chi connectivity index (χ1n) is 10.7. The number of anilines is 1. The SMILES string of the molecule is CC(=N)C(Nc1ccc2oc(C3=COC(Cc4ccccc4)O3)c(O)c(=O)c2c1)C1CC1. The minimum atomic E-state index is -0.567. The molecule has 2 atom stereocenters. The van der Waals surface area contributed by atoms with Crippen LogP contribution in [0.2, 0.25) is 0 Å². The van der Waals surface area contributed by atoms with Crippen LogP contribution in [0, 0.1) is 11.3 Å². The molecule has 2 heterocycles. The van der Waals surface area contributed by atoms with Crippen molar-refractivity contribution in [1.29, 1.82) is 5.41 Å². The van der Waals surface area contributed by atoms with Gasteiger partial charge < -0.3 is 29.7 Å². The highest BCUT2D eigenvalue weighted by atomic mass is 16.7. The second kappa shape index (κ2) is 8.07. The topological polar surface area (TPSA) is 105 Å². The van der Waals surface area contributed by atoms with Gasteiger partial charge in [0, 0.05) is 17.8 Å². The fourth-order valence-corrected chi connectivity index (χ4v) is 3.97. The molecule has 0 saturated heterocycles. The molecule has 3 N–H and O–H groups in total. The van der Waals surface area contributed by atoms with E-state index in [1.807, 2.05) is 36.4 Å². The fraction of sp³-hybridized carbons (Fsp3) is 0.280. The molecule has 2 unspecified atom stereocenters. The molecule has 2 aromatic carbocycles. The molecule has 0 spiro atoms. The zero-order chi connectivity index (χ0) is 22.2. The summed E-state index contributed by atoms with van der Waals surface area (Å²) in [5, 5.41) is 22.2.